The lowest BCUT2D eigenvalue weighted by Gasteiger charge is -2.29. The van der Waals surface area contributed by atoms with Crippen molar-refractivity contribution in [2.45, 2.75) is 63.8 Å². The molecule has 0 heterocycles. The number of halogens is 1. The molecule has 0 bridgehead atoms. The first kappa shape index (κ1) is 19.5. The lowest BCUT2D eigenvalue weighted by molar-refractivity contribution is -0.138. The van der Waals surface area contributed by atoms with Crippen LogP contribution in [0.4, 0.5) is 0 Å². The monoisotopic (exact) mass is 422 g/mol. The second kappa shape index (κ2) is 8.93. The first-order valence-corrected chi connectivity index (χ1v) is 8.32. The third-order valence-corrected chi connectivity index (χ3v) is 4.93. The summed E-state index contributed by atoms with van der Waals surface area (Å²) in [5.74, 6) is 0.717. The highest BCUT2D eigenvalue weighted by molar-refractivity contribution is 14.0. The number of carbonyl (C=O) groups is 1. The van der Waals surface area contributed by atoms with E-state index in [0.717, 1.165) is 25.7 Å². The highest BCUT2D eigenvalue weighted by Crippen LogP contribution is 2.39. The van der Waals surface area contributed by atoms with E-state index in [4.69, 9.17) is 5.73 Å². The van der Waals surface area contributed by atoms with Crippen molar-refractivity contribution in [3.63, 3.8) is 0 Å². The standard InChI is InChI=1S/C16H30N4O.HI/c1-20(2)14(21)16(10-6-7-11-16)12-18-15(17)19-13-8-4-3-5-9-13;/h13H,3-12H2,1-2H3,(H3,17,18,19);1H. The number of rotatable bonds is 4. The summed E-state index contributed by atoms with van der Waals surface area (Å²) in [6.07, 6.45) is 10.3. The van der Waals surface area contributed by atoms with Gasteiger partial charge in [-0.3, -0.25) is 9.79 Å². The van der Waals surface area contributed by atoms with Gasteiger partial charge >= 0.3 is 0 Å². The Morgan fingerprint density at radius 3 is 2.32 bits per heavy atom. The Morgan fingerprint density at radius 2 is 1.77 bits per heavy atom. The van der Waals surface area contributed by atoms with Gasteiger partial charge in [-0.05, 0) is 25.7 Å². The summed E-state index contributed by atoms with van der Waals surface area (Å²) < 4.78 is 0. The second-order valence-corrected chi connectivity index (χ2v) is 6.87. The zero-order valence-corrected chi connectivity index (χ0v) is 16.3. The maximum absolute atomic E-state index is 12.5. The van der Waals surface area contributed by atoms with Gasteiger partial charge in [-0.2, -0.15) is 0 Å². The summed E-state index contributed by atoms with van der Waals surface area (Å²) >= 11 is 0. The second-order valence-electron chi connectivity index (χ2n) is 6.87. The van der Waals surface area contributed by atoms with Crippen LogP contribution in [0.5, 0.6) is 0 Å². The molecule has 6 heteroatoms. The minimum atomic E-state index is -0.317. The van der Waals surface area contributed by atoms with Gasteiger partial charge in [-0.1, -0.05) is 32.1 Å². The average molecular weight is 422 g/mol. The maximum Gasteiger partial charge on any atom is 0.230 e. The lowest BCUT2D eigenvalue weighted by Crippen LogP contribution is -2.44. The third kappa shape index (κ3) is 4.99. The molecule has 0 atom stereocenters. The smallest absolute Gasteiger partial charge is 0.230 e. The van der Waals surface area contributed by atoms with Gasteiger partial charge in [-0.15, -0.1) is 24.0 Å². The molecule has 3 N–H and O–H groups in total. The first-order chi connectivity index (χ1) is 10.0. The highest BCUT2D eigenvalue weighted by Gasteiger charge is 2.41. The van der Waals surface area contributed by atoms with Crippen LogP contribution in [0, 0.1) is 5.41 Å². The van der Waals surface area contributed by atoms with E-state index >= 15 is 0 Å². The van der Waals surface area contributed by atoms with Crippen LogP contribution in [-0.2, 0) is 4.79 Å². The fraction of sp³-hybridized carbons (Fsp3) is 0.875. The zero-order chi connectivity index (χ0) is 15.3. The number of guanidine groups is 1. The molecule has 0 aromatic rings. The SMILES string of the molecule is CN(C)C(=O)C1(CN=C(N)NC2CCCCC2)CCCC1.I. The average Bonchev–Trinajstić information content (AvgIpc) is 2.95. The van der Waals surface area contributed by atoms with Gasteiger partial charge in [-0.25, -0.2) is 0 Å². The molecule has 128 valence electrons. The van der Waals surface area contributed by atoms with E-state index in [9.17, 15) is 4.79 Å². The van der Waals surface area contributed by atoms with Crippen molar-refractivity contribution in [2.75, 3.05) is 20.6 Å². The van der Waals surface area contributed by atoms with E-state index in [0.29, 0.717) is 18.5 Å². The molecule has 2 rings (SSSR count). The Kier molecular flexibility index (Phi) is 7.93. The van der Waals surface area contributed by atoms with Crippen molar-refractivity contribution in [3.05, 3.63) is 0 Å². The quantitative estimate of drug-likeness (QED) is 0.416. The fourth-order valence-corrected chi connectivity index (χ4v) is 3.70. The fourth-order valence-electron chi connectivity index (χ4n) is 3.70. The van der Waals surface area contributed by atoms with Gasteiger partial charge < -0.3 is 16.0 Å². The molecule has 5 nitrogen and oxygen atoms in total. The van der Waals surface area contributed by atoms with Crippen LogP contribution >= 0.6 is 24.0 Å². The maximum atomic E-state index is 12.5. The molecule has 0 spiro atoms. The lowest BCUT2D eigenvalue weighted by atomic mass is 9.85. The van der Waals surface area contributed by atoms with Crippen molar-refractivity contribution in [2.24, 2.45) is 16.1 Å². The van der Waals surface area contributed by atoms with Crippen LogP contribution < -0.4 is 11.1 Å². The van der Waals surface area contributed by atoms with Crippen LogP contribution in [0.1, 0.15) is 57.8 Å². The van der Waals surface area contributed by atoms with Gasteiger partial charge in [0.2, 0.25) is 5.91 Å². The Morgan fingerprint density at radius 1 is 1.18 bits per heavy atom. The number of aliphatic imine (C=N–C) groups is 1. The van der Waals surface area contributed by atoms with Crippen LogP contribution in [0.15, 0.2) is 4.99 Å². The van der Waals surface area contributed by atoms with Gasteiger partial charge in [0.15, 0.2) is 5.96 Å². The normalized spacial score (nSPS) is 22.0. The Labute approximate surface area is 151 Å². The van der Waals surface area contributed by atoms with E-state index in [1.54, 1.807) is 4.90 Å². The molecule has 2 aliphatic carbocycles. The number of amides is 1. The predicted octanol–water partition coefficient (Wildman–Crippen LogP) is 2.49. The van der Waals surface area contributed by atoms with Gasteiger partial charge in [0, 0.05) is 20.1 Å². The van der Waals surface area contributed by atoms with Crippen LogP contribution in [0.3, 0.4) is 0 Å². The minimum Gasteiger partial charge on any atom is -0.370 e. The topological polar surface area (TPSA) is 70.7 Å². The van der Waals surface area contributed by atoms with Crippen LogP contribution in [0.2, 0.25) is 0 Å². The molecule has 1 amide bonds. The number of nitrogens with zero attached hydrogens (tertiary/aromatic N) is 2. The van der Waals surface area contributed by atoms with Crippen molar-refractivity contribution in [3.8, 4) is 0 Å². The summed E-state index contributed by atoms with van der Waals surface area (Å²) in [5, 5.41) is 3.33. The molecule has 0 aromatic heterocycles. The van der Waals surface area contributed by atoms with E-state index in [1.165, 1.54) is 32.1 Å². The summed E-state index contributed by atoms with van der Waals surface area (Å²) in [4.78, 5) is 18.7. The van der Waals surface area contributed by atoms with Gasteiger partial charge in [0.1, 0.15) is 0 Å². The van der Waals surface area contributed by atoms with Crippen LogP contribution in [-0.4, -0.2) is 43.4 Å². The van der Waals surface area contributed by atoms with Gasteiger partial charge in [0.05, 0.1) is 12.0 Å². The van der Waals surface area contributed by atoms with E-state index in [2.05, 4.69) is 10.3 Å². The molecule has 22 heavy (non-hydrogen) atoms. The van der Waals surface area contributed by atoms with Gasteiger partial charge in [0.25, 0.3) is 0 Å². The summed E-state index contributed by atoms with van der Waals surface area (Å²) in [7, 11) is 3.66. The molecule has 2 saturated carbocycles. The first-order valence-electron chi connectivity index (χ1n) is 8.32. The summed E-state index contributed by atoms with van der Waals surface area (Å²) in [6.45, 7) is 0.523. The van der Waals surface area contributed by atoms with E-state index in [-0.39, 0.29) is 35.3 Å². The number of hydrogen-bond donors (Lipinski definition) is 2. The Hall–Kier alpha value is -0.530. The zero-order valence-electron chi connectivity index (χ0n) is 13.9. The van der Waals surface area contributed by atoms with Crippen molar-refractivity contribution >= 4 is 35.8 Å². The predicted molar refractivity (Wildman–Crippen MR) is 102 cm³/mol. The molecule has 0 aliphatic heterocycles. The Bertz CT molecular complexity index is 386. The largest absolute Gasteiger partial charge is 0.370 e. The van der Waals surface area contributed by atoms with Crippen molar-refractivity contribution in [1.29, 1.82) is 0 Å². The molecule has 0 unspecified atom stereocenters. The number of carbonyl (C=O) groups excluding carboxylic acids is 1. The number of nitrogens with two attached hydrogens (primary N) is 1. The molecular weight excluding hydrogens is 391 g/mol. The molecule has 0 radical (unpaired) electrons. The number of hydrogen-bond acceptors (Lipinski definition) is 2. The summed E-state index contributed by atoms with van der Waals surface area (Å²) in [5.41, 5.74) is 5.71. The third-order valence-electron chi connectivity index (χ3n) is 4.93. The number of nitrogens with one attached hydrogen (secondary N) is 1. The minimum absolute atomic E-state index is 0. The molecular formula is C16H31IN4O. The molecule has 2 fully saturated rings. The van der Waals surface area contributed by atoms with Crippen LogP contribution in [0.25, 0.3) is 0 Å². The molecule has 0 saturated heterocycles. The summed E-state index contributed by atoms with van der Waals surface area (Å²) in [6, 6.07) is 0.464. The molecule has 2 aliphatic rings. The molecule has 0 aromatic carbocycles. The van der Waals surface area contributed by atoms with E-state index < -0.39 is 0 Å². The highest BCUT2D eigenvalue weighted by atomic mass is 127. The van der Waals surface area contributed by atoms with Crippen molar-refractivity contribution < 1.29 is 4.79 Å². The Balaban J connectivity index is 0.00000242. The van der Waals surface area contributed by atoms with E-state index in [1.807, 2.05) is 14.1 Å². The van der Waals surface area contributed by atoms with Crippen molar-refractivity contribution in [1.82, 2.24) is 10.2 Å².